The Labute approximate surface area is 121 Å². The number of nitrogens with two attached hydrogens (primary N) is 1. The average Bonchev–Trinajstić information content (AvgIpc) is 2.37. The number of rotatable bonds is 6. The molecule has 0 aromatic carbocycles. The number of carboxylic acids is 1. The van der Waals surface area contributed by atoms with Gasteiger partial charge in [0.05, 0.1) is 5.41 Å². The van der Waals surface area contributed by atoms with E-state index in [2.05, 4.69) is 13.8 Å². The fraction of sp³-hybridized carbons (Fsp3) is 0.867. The molecule has 116 valence electrons. The van der Waals surface area contributed by atoms with Gasteiger partial charge < -0.3 is 15.7 Å². The van der Waals surface area contributed by atoms with Gasteiger partial charge in [0.25, 0.3) is 0 Å². The molecule has 1 aliphatic heterocycles. The van der Waals surface area contributed by atoms with Gasteiger partial charge in [-0.05, 0) is 44.6 Å². The van der Waals surface area contributed by atoms with Gasteiger partial charge in [0.15, 0.2) is 0 Å². The molecule has 5 nitrogen and oxygen atoms in total. The third-order valence-corrected chi connectivity index (χ3v) is 4.17. The van der Waals surface area contributed by atoms with Crippen molar-refractivity contribution < 1.29 is 14.7 Å². The van der Waals surface area contributed by atoms with Crippen LogP contribution in [0.5, 0.6) is 0 Å². The summed E-state index contributed by atoms with van der Waals surface area (Å²) < 4.78 is 0. The topological polar surface area (TPSA) is 83.6 Å². The molecule has 0 saturated carbocycles. The van der Waals surface area contributed by atoms with Gasteiger partial charge in [0, 0.05) is 19.5 Å². The molecule has 0 spiro atoms. The molecule has 2 atom stereocenters. The maximum absolute atomic E-state index is 12.3. The van der Waals surface area contributed by atoms with Gasteiger partial charge >= 0.3 is 5.97 Å². The van der Waals surface area contributed by atoms with Gasteiger partial charge in [-0.1, -0.05) is 13.8 Å². The van der Waals surface area contributed by atoms with Crippen molar-refractivity contribution in [3.63, 3.8) is 0 Å². The number of nitrogens with zero attached hydrogens (tertiary/aromatic N) is 1. The second-order valence-electron chi connectivity index (χ2n) is 6.72. The second-order valence-corrected chi connectivity index (χ2v) is 6.72. The molecule has 1 saturated heterocycles. The molecule has 20 heavy (non-hydrogen) atoms. The highest BCUT2D eigenvalue weighted by Gasteiger charge is 2.39. The van der Waals surface area contributed by atoms with E-state index < -0.39 is 11.4 Å². The lowest BCUT2D eigenvalue weighted by atomic mass is 9.81. The first-order valence-corrected chi connectivity index (χ1v) is 7.49. The molecular formula is C15H28N2O3. The normalized spacial score (nSPS) is 24.8. The van der Waals surface area contributed by atoms with E-state index in [0.717, 1.165) is 12.8 Å². The van der Waals surface area contributed by atoms with Crippen molar-refractivity contribution in [3.8, 4) is 0 Å². The van der Waals surface area contributed by atoms with Crippen LogP contribution >= 0.6 is 0 Å². The van der Waals surface area contributed by atoms with E-state index in [1.54, 1.807) is 11.8 Å². The van der Waals surface area contributed by atoms with Crippen molar-refractivity contribution in [1.82, 2.24) is 4.90 Å². The minimum absolute atomic E-state index is 0.0493. The smallest absolute Gasteiger partial charge is 0.311 e. The van der Waals surface area contributed by atoms with E-state index in [-0.39, 0.29) is 11.8 Å². The van der Waals surface area contributed by atoms with Crippen LogP contribution < -0.4 is 5.73 Å². The molecule has 1 heterocycles. The SMILES string of the molecule is CC(C)C[C@H](CN)CC(=O)N1CCCC(C)(C(=O)O)C1. The van der Waals surface area contributed by atoms with Crippen molar-refractivity contribution in [1.29, 1.82) is 0 Å². The highest BCUT2D eigenvalue weighted by Crippen LogP contribution is 2.30. The zero-order valence-corrected chi connectivity index (χ0v) is 12.9. The van der Waals surface area contributed by atoms with Crippen molar-refractivity contribution in [2.75, 3.05) is 19.6 Å². The van der Waals surface area contributed by atoms with Gasteiger partial charge in [0.1, 0.15) is 0 Å². The number of hydrogen-bond acceptors (Lipinski definition) is 3. The summed E-state index contributed by atoms with van der Waals surface area (Å²) in [6, 6.07) is 0. The molecule has 1 amide bonds. The molecule has 1 aliphatic rings. The second kappa shape index (κ2) is 7.07. The fourth-order valence-electron chi connectivity index (χ4n) is 2.93. The van der Waals surface area contributed by atoms with Crippen LogP contribution in [0, 0.1) is 17.3 Å². The minimum atomic E-state index is -0.812. The van der Waals surface area contributed by atoms with Gasteiger partial charge in [0.2, 0.25) is 5.91 Å². The molecule has 0 bridgehead atoms. The summed E-state index contributed by atoms with van der Waals surface area (Å²) >= 11 is 0. The van der Waals surface area contributed by atoms with Crippen LogP contribution in [0.15, 0.2) is 0 Å². The summed E-state index contributed by atoms with van der Waals surface area (Å²) in [5.41, 5.74) is 4.93. The first-order chi connectivity index (χ1) is 9.28. The number of aliphatic carboxylic acids is 1. The predicted octanol–water partition coefficient (Wildman–Crippen LogP) is 1.71. The molecule has 5 heteroatoms. The van der Waals surface area contributed by atoms with Crippen LogP contribution in [0.1, 0.15) is 46.5 Å². The maximum Gasteiger partial charge on any atom is 0.311 e. The quantitative estimate of drug-likeness (QED) is 0.777. The zero-order valence-electron chi connectivity index (χ0n) is 12.9. The van der Waals surface area contributed by atoms with Crippen molar-refractivity contribution in [2.24, 2.45) is 23.0 Å². The lowest BCUT2D eigenvalue weighted by molar-refractivity contribution is -0.153. The molecule has 1 unspecified atom stereocenters. The Balaban J connectivity index is 2.60. The molecular weight excluding hydrogens is 256 g/mol. The van der Waals surface area contributed by atoms with Gasteiger partial charge in [-0.25, -0.2) is 0 Å². The Bertz CT molecular complexity index is 357. The highest BCUT2D eigenvalue weighted by atomic mass is 16.4. The Morgan fingerprint density at radius 3 is 2.55 bits per heavy atom. The molecule has 0 aromatic rings. The van der Waals surface area contributed by atoms with Crippen LogP contribution in [0.2, 0.25) is 0 Å². The van der Waals surface area contributed by atoms with Crippen LogP contribution in [0.25, 0.3) is 0 Å². The molecule has 3 N–H and O–H groups in total. The summed E-state index contributed by atoms with van der Waals surface area (Å²) in [6.07, 6.45) is 2.76. The highest BCUT2D eigenvalue weighted by molar-refractivity contribution is 5.79. The number of carbonyl (C=O) groups is 2. The molecule has 0 aromatic heterocycles. The standard InChI is InChI=1S/C15H28N2O3/c1-11(2)7-12(9-16)8-13(18)17-6-4-5-15(3,10-17)14(19)20/h11-12H,4-10,16H2,1-3H3,(H,19,20)/t12-,15?/m0/s1. The van der Waals surface area contributed by atoms with Crippen molar-refractivity contribution in [3.05, 3.63) is 0 Å². The van der Waals surface area contributed by atoms with Crippen molar-refractivity contribution >= 4 is 11.9 Å². The van der Waals surface area contributed by atoms with E-state index in [0.29, 0.717) is 38.4 Å². The van der Waals surface area contributed by atoms with Crippen molar-refractivity contribution in [2.45, 2.75) is 46.5 Å². The maximum atomic E-state index is 12.3. The predicted molar refractivity (Wildman–Crippen MR) is 78.2 cm³/mol. The average molecular weight is 284 g/mol. The number of amides is 1. The van der Waals surface area contributed by atoms with Crippen LogP contribution in [-0.4, -0.2) is 41.5 Å². The third-order valence-electron chi connectivity index (χ3n) is 4.17. The molecule has 1 fully saturated rings. The minimum Gasteiger partial charge on any atom is -0.481 e. The van der Waals surface area contributed by atoms with Gasteiger partial charge in [-0.3, -0.25) is 9.59 Å². The number of likely N-dealkylation sites (tertiary alicyclic amines) is 1. The monoisotopic (exact) mass is 284 g/mol. The van der Waals surface area contributed by atoms with E-state index in [1.807, 2.05) is 0 Å². The van der Waals surface area contributed by atoms with E-state index in [9.17, 15) is 14.7 Å². The Hall–Kier alpha value is -1.10. The summed E-state index contributed by atoms with van der Waals surface area (Å²) in [6.45, 7) is 7.46. The Kier molecular flexibility index (Phi) is 5.99. The summed E-state index contributed by atoms with van der Waals surface area (Å²) in [7, 11) is 0. The largest absolute Gasteiger partial charge is 0.481 e. The first kappa shape index (κ1) is 17.0. The molecule has 0 aliphatic carbocycles. The first-order valence-electron chi connectivity index (χ1n) is 7.49. The zero-order chi connectivity index (χ0) is 15.3. The number of piperidine rings is 1. The fourth-order valence-corrected chi connectivity index (χ4v) is 2.93. The summed E-state index contributed by atoms with van der Waals surface area (Å²) in [5, 5.41) is 9.29. The van der Waals surface area contributed by atoms with E-state index in [1.165, 1.54) is 0 Å². The van der Waals surface area contributed by atoms with Crippen LogP contribution in [0.4, 0.5) is 0 Å². The lowest BCUT2D eigenvalue weighted by Crippen LogP contribution is -2.48. The Morgan fingerprint density at radius 1 is 1.40 bits per heavy atom. The molecule has 0 radical (unpaired) electrons. The number of carboxylic acid groups (broad SMARTS) is 1. The lowest BCUT2D eigenvalue weighted by Gasteiger charge is -2.38. The number of carbonyl (C=O) groups excluding carboxylic acids is 1. The van der Waals surface area contributed by atoms with Gasteiger partial charge in [-0.2, -0.15) is 0 Å². The summed E-state index contributed by atoms with van der Waals surface area (Å²) in [5.74, 6) is -0.0525. The van der Waals surface area contributed by atoms with E-state index in [4.69, 9.17) is 5.73 Å². The van der Waals surface area contributed by atoms with Crippen LogP contribution in [-0.2, 0) is 9.59 Å². The third kappa shape index (κ3) is 4.47. The Morgan fingerprint density at radius 2 is 2.05 bits per heavy atom. The summed E-state index contributed by atoms with van der Waals surface area (Å²) in [4.78, 5) is 25.4. The number of hydrogen-bond donors (Lipinski definition) is 2. The van der Waals surface area contributed by atoms with Crippen LogP contribution in [0.3, 0.4) is 0 Å². The van der Waals surface area contributed by atoms with E-state index >= 15 is 0 Å². The van der Waals surface area contributed by atoms with Gasteiger partial charge in [-0.15, -0.1) is 0 Å². The molecule has 1 rings (SSSR count).